The van der Waals surface area contributed by atoms with Gasteiger partial charge in [0.05, 0.1) is 58.7 Å². The molecule has 4 rings (SSSR count). The third-order valence-electron chi connectivity index (χ3n) is 9.87. The second kappa shape index (κ2) is 25.6. The smallest absolute Gasteiger partial charge is 0.305 e. The number of nitrogens with zero attached hydrogens (tertiary/aromatic N) is 1. The van der Waals surface area contributed by atoms with E-state index in [9.17, 15) is 19.5 Å². The van der Waals surface area contributed by atoms with Crippen molar-refractivity contribution in [3.05, 3.63) is 90.1 Å². The third-order valence-corrected chi connectivity index (χ3v) is 9.87. The summed E-state index contributed by atoms with van der Waals surface area (Å²) in [4.78, 5) is 42.7. The van der Waals surface area contributed by atoms with E-state index in [2.05, 4.69) is 41.7 Å². The van der Waals surface area contributed by atoms with Crippen LogP contribution < -0.4 is 20.7 Å². The largest absolute Gasteiger partial charge is 0.491 e. The summed E-state index contributed by atoms with van der Waals surface area (Å²) in [6.45, 7) is 17.4. The van der Waals surface area contributed by atoms with Gasteiger partial charge in [-0.15, -0.1) is 0 Å². The lowest BCUT2D eigenvalue weighted by Gasteiger charge is -2.25. The molecule has 1 aromatic heterocycles. The molecule has 4 aromatic rings. The Morgan fingerprint density at radius 3 is 1.98 bits per heavy atom. The Hall–Kier alpha value is -5.08. The first-order valence-electron chi connectivity index (χ1n) is 21.3. The number of aromatic nitrogens is 1. The van der Waals surface area contributed by atoms with Crippen molar-refractivity contribution in [2.24, 2.45) is 11.3 Å². The number of benzene rings is 3. The normalized spacial score (nSPS) is 12.6. The van der Waals surface area contributed by atoms with Crippen LogP contribution in [-0.2, 0) is 33.3 Å². The lowest BCUT2D eigenvalue weighted by atomic mass is 9.93. The molecule has 0 aliphatic rings. The number of hydrogen-bond acceptors (Lipinski definition) is 10. The molecular weight excluding hydrogens is 777 g/mol. The Morgan fingerprint density at radius 1 is 0.754 bits per heavy atom. The van der Waals surface area contributed by atoms with E-state index in [0.717, 1.165) is 52.1 Å². The van der Waals surface area contributed by atoms with Crippen LogP contribution in [0.2, 0.25) is 0 Å². The molecule has 0 saturated carbocycles. The van der Waals surface area contributed by atoms with Crippen molar-refractivity contribution in [3.63, 3.8) is 0 Å². The number of carboxylic acids is 1. The van der Waals surface area contributed by atoms with Gasteiger partial charge in [0.2, 0.25) is 11.8 Å². The quantitative estimate of drug-likeness (QED) is 0.0413. The Kier molecular flexibility index (Phi) is 20.4. The van der Waals surface area contributed by atoms with Crippen LogP contribution in [0.25, 0.3) is 21.9 Å². The maximum absolute atomic E-state index is 13.6. The van der Waals surface area contributed by atoms with Gasteiger partial charge in [0.25, 0.3) is 0 Å². The van der Waals surface area contributed by atoms with Crippen LogP contribution in [0.1, 0.15) is 77.5 Å². The van der Waals surface area contributed by atoms with Gasteiger partial charge in [-0.05, 0) is 76.9 Å². The van der Waals surface area contributed by atoms with Crippen molar-refractivity contribution in [1.82, 2.24) is 15.6 Å². The van der Waals surface area contributed by atoms with Crippen molar-refractivity contribution in [2.75, 3.05) is 71.3 Å². The average Bonchev–Trinajstić information content (AvgIpc) is 3.22. The fraction of sp³-hybridized carbons (Fsp3) is 0.500. The summed E-state index contributed by atoms with van der Waals surface area (Å²) < 4.78 is 28.6. The maximum atomic E-state index is 13.6. The van der Waals surface area contributed by atoms with E-state index in [4.69, 9.17) is 23.7 Å². The van der Waals surface area contributed by atoms with E-state index in [1.165, 1.54) is 0 Å². The standard InChI is InChI=1S/C48H66N4O9/c1-34(2)46(52-44(53)12-9-21-49-43-32-35(3)19-22-50-43)47(56)51-41(33-45(54)55)37-15-13-36(14-16-37)38-17-18-42(40-11-8-7-10-39(38)40)61-31-30-60-29-28-59-27-26-58-25-24-57-23-20-48(4,5)6/h7-8,10-11,13-19,22,32,34,41,46H,9,12,20-21,23-31,33H2,1-6H3,(H,49,50)(H,51,56)(H,52,53)(H,54,55)/t41-,46-/m0/s1. The van der Waals surface area contributed by atoms with Crippen LogP contribution in [0.5, 0.6) is 5.75 Å². The van der Waals surface area contributed by atoms with E-state index in [1.54, 1.807) is 6.20 Å². The molecule has 0 bridgehead atoms. The number of aryl methyl sites for hydroxylation is 1. The van der Waals surface area contributed by atoms with E-state index in [1.807, 2.05) is 93.6 Å². The van der Waals surface area contributed by atoms with Crippen LogP contribution >= 0.6 is 0 Å². The molecule has 13 nitrogen and oxygen atoms in total. The first kappa shape index (κ1) is 48.6. The van der Waals surface area contributed by atoms with Gasteiger partial charge < -0.3 is 44.7 Å². The lowest BCUT2D eigenvalue weighted by molar-refractivity contribution is -0.138. The minimum Gasteiger partial charge on any atom is -0.491 e. The van der Waals surface area contributed by atoms with Gasteiger partial charge in [-0.25, -0.2) is 4.98 Å². The molecule has 2 amide bonds. The summed E-state index contributed by atoms with van der Waals surface area (Å²) >= 11 is 0. The summed E-state index contributed by atoms with van der Waals surface area (Å²) in [7, 11) is 0. The summed E-state index contributed by atoms with van der Waals surface area (Å²) in [6.07, 6.45) is 3.19. The highest BCUT2D eigenvalue weighted by Crippen LogP contribution is 2.35. The van der Waals surface area contributed by atoms with Crippen molar-refractivity contribution >= 4 is 34.4 Å². The van der Waals surface area contributed by atoms with Gasteiger partial charge in [-0.2, -0.15) is 0 Å². The summed E-state index contributed by atoms with van der Waals surface area (Å²) in [5.74, 6) is -0.498. The number of nitrogens with one attached hydrogen (secondary N) is 3. The number of anilines is 1. The number of carbonyl (C=O) groups is 3. The minimum absolute atomic E-state index is 0.217. The number of ether oxygens (including phenoxy) is 5. The molecule has 4 N–H and O–H groups in total. The highest BCUT2D eigenvalue weighted by atomic mass is 16.6. The van der Waals surface area contributed by atoms with Crippen LogP contribution in [0.15, 0.2) is 79.0 Å². The zero-order valence-electron chi connectivity index (χ0n) is 36.8. The molecule has 2 atom stereocenters. The van der Waals surface area contributed by atoms with Crippen LogP contribution in [0.3, 0.4) is 0 Å². The second-order valence-electron chi connectivity index (χ2n) is 16.6. The van der Waals surface area contributed by atoms with Gasteiger partial charge in [0.1, 0.15) is 24.2 Å². The van der Waals surface area contributed by atoms with E-state index >= 15 is 0 Å². The highest BCUT2D eigenvalue weighted by Gasteiger charge is 2.28. The molecule has 0 unspecified atom stereocenters. The second-order valence-corrected chi connectivity index (χ2v) is 16.6. The third kappa shape index (κ3) is 17.8. The van der Waals surface area contributed by atoms with Gasteiger partial charge in [0.15, 0.2) is 0 Å². The molecule has 0 spiro atoms. The van der Waals surface area contributed by atoms with E-state index in [0.29, 0.717) is 71.4 Å². The summed E-state index contributed by atoms with van der Waals surface area (Å²) in [6, 6.07) is 21.6. The Labute approximate surface area is 361 Å². The number of carboxylic acid groups (broad SMARTS) is 1. The lowest BCUT2D eigenvalue weighted by Crippen LogP contribution is -2.50. The minimum atomic E-state index is -1.06. The maximum Gasteiger partial charge on any atom is 0.305 e. The molecule has 1 heterocycles. The van der Waals surface area contributed by atoms with Crippen LogP contribution in [0, 0.1) is 18.3 Å². The fourth-order valence-corrected chi connectivity index (χ4v) is 6.46. The number of pyridine rings is 1. The zero-order valence-corrected chi connectivity index (χ0v) is 36.8. The van der Waals surface area contributed by atoms with E-state index in [-0.39, 0.29) is 30.1 Å². The molecule has 0 saturated heterocycles. The SMILES string of the molecule is Cc1ccnc(NCCCC(=O)N[C@H](C(=O)N[C@@H](CC(=O)O)c2ccc(-c3ccc(OCCOCCOCCOCCOCCC(C)(C)C)c4ccccc34)cc2)C(C)C)c1. The van der Waals surface area contributed by atoms with Crippen molar-refractivity contribution < 1.29 is 43.2 Å². The van der Waals surface area contributed by atoms with Crippen molar-refractivity contribution in [1.29, 1.82) is 0 Å². The molecule has 0 aliphatic heterocycles. The molecular formula is C48H66N4O9. The summed E-state index contributed by atoms with van der Waals surface area (Å²) in [5, 5.41) is 20.7. The molecule has 0 radical (unpaired) electrons. The zero-order chi connectivity index (χ0) is 44.0. The van der Waals surface area contributed by atoms with Crippen LogP contribution in [-0.4, -0.2) is 99.9 Å². The molecule has 0 aliphatic carbocycles. The Bertz CT molecular complexity index is 1950. The van der Waals surface area contributed by atoms with Gasteiger partial charge >= 0.3 is 5.97 Å². The first-order valence-corrected chi connectivity index (χ1v) is 21.3. The number of hydrogen-bond donors (Lipinski definition) is 4. The number of fused-ring (bicyclic) bond motifs is 1. The predicted octanol–water partition coefficient (Wildman–Crippen LogP) is 7.76. The number of rotatable bonds is 28. The predicted molar refractivity (Wildman–Crippen MR) is 239 cm³/mol. The van der Waals surface area contributed by atoms with Gasteiger partial charge in [-0.1, -0.05) is 89.2 Å². The molecule has 61 heavy (non-hydrogen) atoms. The molecule has 3 aromatic carbocycles. The molecule has 13 heteroatoms. The molecule has 0 fully saturated rings. The van der Waals surface area contributed by atoms with Gasteiger partial charge in [-0.3, -0.25) is 14.4 Å². The van der Waals surface area contributed by atoms with Crippen molar-refractivity contribution in [3.8, 4) is 16.9 Å². The average molecular weight is 843 g/mol. The van der Waals surface area contributed by atoms with E-state index < -0.39 is 24.0 Å². The fourth-order valence-electron chi connectivity index (χ4n) is 6.46. The number of amides is 2. The van der Waals surface area contributed by atoms with Crippen LogP contribution in [0.4, 0.5) is 5.82 Å². The Balaban J connectivity index is 1.24. The highest BCUT2D eigenvalue weighted by molar-refractivity contribution is 6.00. The molecule has 332 valence electrons. The first-order chi connectivity index (χ1) is 29.3. The van der Waals surface area contributed by atoms with Gasteiger partial charge in [0, 0.05) is 31.2 Å². The topological polar surface area (TPSA) is 167 Å². The number of aliphatic carboxylic acids is 1. The summed E-state index contributed by atoms with van der Waals surface area (Å²) in [5.41, 5.74) is 3.90. The monoisotopic (exact) mass is 842 g/mol. The Morgan fingerprint density at radius 2 is 1.38 bits per heavy atom. The van der Waals surface area contributed by atoms with Crippen molar-refractivity contribution in [2.45, 2.75) is 79.3 Å². The number of carbonyl (C=O) groups excluding carboxylic acids is 2.